The smallest absolute Gasteiger partial charge is 0.463 e. The molecule has 192 valence electrons. The maximum atomic E-state index is 13.7. The minimum atomic E-state index is -7.07. The Hall–Kier alpha value is -2.73. The number of nitrogens with one attached hydrogen (secondary N) is 1. The molecule has 0 fully saturated rings. The van der Waals surface area contributed by atoms with Gasteiger partial charge >= 0.3 is 38.6 Å². The van der Waals surface area contributed by atoms with Crippen molar-refractivity contribution in [2.45, 2.75) is 29.5 Å². The van der Waals surface area contributed by atoms with Gasteiger partial charge in [-0.2, -0.15) is 30.7 Å². The Morgan fingerprint density at radius 3 is 1.91 bits per heavy atom. The molecule has 34 heavy (non-hydrogen) atoms. The van der Waals surface area contributed by atoms with Crippen LogP contribution in [0.3, 0.4) is 0 Å². The summed E-state index contributed by atoms with van der Waals surface area (Å²) in [7, 11) is -14.0. The van der Waals surface area contributed by atoms with Gasteiger partial charge in [0.05, 0.1) is 6.61 Å². The van der Waals surface area contributed by atoms with Crippen molar-refractivity contribution < 1.29 is 66.6 Å². The van der Waals surface area contributed by atoms with Crippen molar-refractivity contribution in [2.24, 2.45) is 0 Å². The Morgan fingerprint density at radius 2 is 1.38 bits per heavy atom. The number of carbonyl (C=O) groups excluding carboxylic acids is 2. The number of sulfonamides is 2. The van der Waals surface area contributed by atoms with Crippen molar-refractivity contribution in [1.82, 2.24) is 4.13 Å². The van der Waals surface area contributed by atoms with E-state index in [9.17, 15) is 57.2 Å². The maximum Gasteiger partial charge on any atom is 0.512 e. The number of hydrogen-bond donors (Lipinski definition) is 1. The molecule has 0 saturated heterocycles. The minimum Gasteiger partial charge on any atom is -0.463 e. The van der Waals surface area contributed by atoms with E-state index in [0.717, 1.165) is 0 Å². The molecule has 1 N–H and O–H groups in total. The number of para-hydroxylation sites is 1. The predicted molar refractivity (Wildman–Crippen MR) is 98.3 cm³/mol. The lowest BCUT2D eigenvalue weighted by Crippen LogP contribution is -2.55. The second-order valence-corrected chi connectivity index (χ2v) is 9.75. The van der Waals surface area contributed by atoms with Crippen molar-refractivity contribution >= 4 is 32.0 Å². The molecule has 0 aliphatic heterocycles. The summed E-state index contributed by atoms with van der Waals surface area (Å²) in [5.41, 5.74) is -6.37. The first-order valence-corrected chi connectivity index (χ1v) is 11.5. The predicted octanol–water partition coefficient (Wildman–Crippen LogP) is 2.47. The Morgan fingerprint density at radius 1 is 0.853 bits per heavy atom. The van der Waals surface area contributed by atoms with Crippen LogP contribution >= 0.6 is 0 Å². The van der Waals surface area contributed by atoms with Gasteiger partial charge in [0.25, 0.3) is 10.0 Å². The van der Waals surface area contributed by atoms with E-state index in [1.54, 1.807) is 6.07 Å². The fourth-order valence-corrected chi connectivity index (χ4v) is 4.32. The Bertz CT molecular complexity index is 1120. The molecule has 0 aliphatic carbocycles. The van der Waals surface area contributed by atoms with Gasteiger partial charge in [0.15, 0.2) is 0 Å². The van der Waals surface area contributed by atoms with E-state index >= 15 is 0 Å². The number of alkyl halides is 7. The highest BCUT2D eigenvalue weighted by atomic mass is 32.3. The molecular weight excluding hydrogens is 531 g/mol. The molecular formula is C16H14F7NO8S2. The fraction of sp³-hybridized carbons (Fsp3) is 0.375. The third kappa shape index (κ3) is 7.66. The summed E-state index contributed by atoms with van der Waals surface area (Å²) >= 11 is 0. The van der Waals surface area contributed by atoms with Crippen LogP contribution < -0.4 is 8.86 Å². The van der Waals surface area contributed by atoms with Gasteiger partial charge in [-0.25, -0.2) is 26.4 Å². The summed E-state index contributed by atoms with van der Waals surface area (Å²) in [6.45, 7) is -1.00. The molecule has 9 nitrogen and oxygen atoms in total. The highest BCUT2D eigenvalue weighted by Gasteiger charge is 2.67. The van der Waals surface area contributed by atoms with Crippen LogP contribution in [0.2, 0.25) is 0 Å². The zero-order chi connectivity index (χ0) is 26.4. The molecule has 1 aromatic carbocycles. The molecule has 1 rings (SSSR count). The summed E-state index contributed by atoms with van der Waals surface area (Å²) in [6.07, 6.45) is -2.07. The molecule has 18 heteroatoms. The second-order valence-electron chi connectivity index (χ2n) is 6.10. The number of rotatable bonds is 11. The van der Waals surface area contributed by atoms with E-state index in [-0.39, 0.29) is 5.75 Å². The highest BCUT2D eigenvalue weighted by molar-refractivity contribution is 8.05. The quantitative estimate of drug-likeness (QED) is 0.148. The van der Waals surface area contributed by atoms with Crippen molar-refractivity contribution in [1.29, 1.82) is 0 Å². The van der Waals surface area contributed by atoms with Crippen LogP contribution in [0, 0.1) is 0 Å². The van der Waals surface area contributed by atoms with Crippen LogP contribution in [-0.2, 0) is 34.4 Å². The van der Waals surface area contributed by atoms with Crippen molar-refractivity contribution in [3.8, 4) is 5.75 Å². The minimum absolute atomic E-state index is 0.126. The molecule has 0 saturated carbocycles. The Labute approximate surface area is 187 Å². The van der Waals surface area contributed by atoms with Crippen LogP contribution in [0.5, 0.6) is 5.75 Å². The first kappa shape index (κ1) is 29.3. The number of benzene rings is 1. The Balaban J connectivity index is 2.64. The third-order valence-corrected chi connectivity index (χ3v) is 6.82. The molecule has 1 aromatic rings. The van der Waals surface area contributed by atoms with Gasteiger partial charge in [-0.1, -0.05) is 22.3 Å². The lowest BCUT2D eigenvalue weighted by molar-refractivity contribution is -0.164. The molecule has 0 aliphatic rings. The lowest BCUT2D eigenvalue weighted by atomic mass is 10.2. The monoisotopic (exact) mass is 545 g/mol. The number of hydrogen-bond acceptors (Lipinski definition) is 8. The van der Waals surface area contributed by atoms with Crippen LogP contribution in [-0.4, -0.2) is 52.1 Å². The molecule has 0 heterocycles. The zero-order valence-corrected chi connectivity index (χ0v) is 18.0. The maximum absolute atomic E-state index is 13.7. The average Bonchev–Trinajstić information content (AvgIpc) is 2.68. The molecule has 0 unspecified atom stereocenters. The van der Waals surface area contributed by atoms with Crippen LogP contribution in [0.4, 0.5) is 30.7 Å². The summed E-state index contributed by atoms with van der Waals surface area (Å²) in [5.74, 6) is -7.77. The summed E-state index contributed by atoms with van der Waals surface area (Å²) in [6, 6.07) is 7.52. The number of ether oxygens (including phenoxy) is 2. The van der Waals surface area contributed by atoms with Crippen LogP contribution in [0.15, 0.2) is 42.5 Å². The van der Waals surface area contributed by atoms with Gasteiger partial charge in [-0.05, 0) is 18.6 Å². The molecule has 0 atom stereocenters. The van der Waals surface area contributed by atoms with Gasteiger partial charge in [0.1, 0.15) is 5.75 Å². The average molecular weight is 545 g/mol. The van der Waals surface area contributed by atoms with E-state index in [1.807, 2.05) is 0 Å². The zero-order valence-electron chi connectivity index (χ0n) is 16.4. The third-order valence-electron chi connectivity index (χ3n) is 3.48. The molecule has 0 amide bonds. The highest BCUT2D eigenvalue weighted by Crippen LogP contribution is 2.42. The first-order chi connectivity index (χ1) is 15.3. The van der Waals surface area contributed by atoms with E-state index in [0.29, 0.717) is 12.2 Å². The molecule has 0 aromatic heterocycles. The van der Waals surface area contributed by atoms with Crippen LogP contribution in [0.1, 0.15) is 12.8 Å². The lowest BCUT2D eigenvalue weighted by Gasteiger charge is -2.26. The van der Waals surface area contributed by atoms with Crippen molar-refractivity contribution in [3.05, 3.63) is 42.5 Å². The van der Waals surface area contributed by atoms with E-state index in [4.69, 9.17) is 4.74 Å². The molecule has 0 spiro atoms. The Kier molecular flexibility index (Phi) is 9.21. The second kappa shape index (κ2) is 10.7. The number of carbonyl (C=O) groups is 2. The van der Waals surface area contributed by atoms with E-state index < -0.39 is 72.2 Å². The topological polar surface area (TPSA) is 133 Å². The van der Waals surface area contributed by atoms with E-state index in [2.05, 4.69) is 4.74 Å². The van der Waals surface area contributed by atoms with E-state index in [1.165, 1.54) is 24.3 Å². The van der Waals surface area contributed by atoms with Crippen molar-refractivity contribution in [2.75, 3.05) is 6.61 Å². The SMILES string of the molecule is O=C(/C=C\C(=O)Oc1ccccc1)OCCCC(F)(F)C(F)(F)S(=O)(=O)NS(=O)(=O)C(F)(F)F. The van der Waals surface area contributed by atoms with Gasteiger partial charge in [0.2, 0.25) is 0 Å². The van der Waals surface area contributed by atoms with Gasteiger partial charge in [-0.15, -0.1) is 0 Å². The van der Waals surface area contributed by atoms with Crippen molar-refractivity contribution in [3.63, 3.8) is 0 Å². The summed E-state index contributed by atoms with van der Waals surface area (Å²) < 4.78 is 144. The summed E-state index contributed by atoms with van der Waals surface area (Å²) in [5, 5.41) is -6.29. The molecule has 0 radical (unpaired) electrons. The summed E-state index contributed by atoms with van der Waals surface area (Å²) in [4.78, 5) is 22.9. The normalized spacial score (nSPS) is 13.6. The number of halogens is 7. The molecule has 0 bridgehead atoms. The van der Waals surface area contributed by atoms with Crippen LogP contribution in [0.25, 0.3) is 0 Å². The van der Waals surface area contributed by atoms with Gasteiger partial charge in [-0.3, -0.25) is 0 Å². The largest absolute Gasteiger partial charge is 0.512 e. The first-order valence-electron chi connectivity index (χ1n) is 8.54. The number of esters is 2. The van der Waals surface area contributed by atoms with Gasteiger partial charge in [0, 0.05) is 18.6 Å². The fourth-order valence-electron chi connectivity index (χ4n) is 1.88. The standard InChI is InChI=1S/C16H14F7NO8S2/c17-14(18,15(19,20)33(27,28)24-34(29,30)16(21,22)23)9-4-10-31-12(25)7-8-13(26)32-11-5-2-1-3-6-11/h1-3,5-8,24H,4,9-10H2/b8-7-. The van der Waals surface area contributed by atoms with Gasteiger partial charge < -0.3 is 9.47 Å².